The molecule has 0 saturated carbocycles. The van der Waals surface area contributed by atoms with E-state index in [1.54, 1.807) is 0 Å². The highest BCUT2D eigenvalue weighted by Crippen LogP contribution is 2.24. The fourth-order valence-corrected chi connectivity index (χ4v) is 3.01. The first kappa shape index (κ1) is 14.4. The van der Waals surface area contributed by atoms with Gasteiger partial charge >= 0.3 is 0 Å². The molecule has 3 N–H and O–H groups in total. The van der Waals surface area contributed by atoms with Crippen molar-refractivity contribution in [2.45, 2.75) is 6.54 Å². The number of rotatable bonds is 4. The Kier molecular flexibility index (Phi) is 4.49. The Bertz CT molecular complexity index is 605. The zero-order chi connectivity index (χ0) is 14.0. The van der Waals surface area contributed by atoms with E-state index in [1.165, 1.54) is 11.3 Å². The van der Waals surface area contributed by atoms with Crippen LogP contribution in [0.5, 0.6) is 0 Å². The third-order valence-electron chi connectivity index (χ3n) is 2.39. The molecule has 7 heteroatoms. The molecule has 0 bridgehead atoms. The molecular formula is C12H9BrF2N2S2. The molecule has 0 aliphatic carbocycles. The first-order valence-corrected chi connectivity index (χ1v) is 7.31. The zero-order valence-electron chi connectivity index (χ0n) is 9.54. The van der Waals surface area contributed by atoms with Crippen LogP contribution in [0, 0.1) is 11.6 Å². The molecule has 1 aromatic carbocycles. The quantitative estimate of drug-likeness (QED) is 0.806. The van der Waals surface area contributed by atoms with Gasteiger partial charge in [0, 0.05) is 26.8 Å². The number of thiophene rings is 1. The third-order valence-corrected chi connectivity index (χ3v) is 4.32. The molecule has 0 unspecified atom stereocenters. The predicted octanol–water partition coefficient (Wildman–Crippen LogP) is 4.04. The second-order valence-corrected chi connectivity index (χ2v) is 6.12. The van der Waals surface area contributed by atoms with Gasteiger partial charge in [0.25, 0.3) is 0 Å². The Balaban J connectivity index is 2.18. The maximum atomic E-state index is 13.8. The molecule has 100 valence electrons. The molecule has 0 aliphatic rings. The summed E-state index contributed by atoms with van der Waals surface area (Å²) >= 11 is 9.50. The number of anilines is 1. The standard InChI is InChI=1S/C12H9BrF2N2S2/c13-7-3-8(19-5-7)4-17-11-9(14)1-6(12(16)18)2-10(11)15/h1-3,5,17H,4H2,(H2,16,18). The molecule has 0 aliphatic heterocycles. The first-order valence-electron chi connectivity index (χ1n) is 5.23. The molecule has 19 heavy (non-hydrogen) atoms. The molecule has 1 aromatic heterocycles. The normalized spacial score (nSPS) is 10.5. The minimum Gasteiger partial charge on any atom is -0.389 e. The van der Waals surface area contributed by atoms with Crippen molar-refractivity contribution in [2.75, 3.05) is 5.32 Å². The number of halogens is 3. The van der Waals surface area contributed by atoms with Gasteiger partial charge < -0.3 is 11.1 Å². The van der Waals surface area contributed by atoms with Crippen LogP contribution >= 0.6 is 39.5 Å². The Morgan fingerprint density at radius 1 is 1.32 bits per heavy atom. The number of nitrogens with two attached hydrogens (primary N) is 1. The molecule has 1 heterocycles. The summed E-state index contributed by atoms with van der Waals surface area (Å²) in [6.07, 6.45) is 0. The van der Waals surface area contributed by atoms with Crippen molar-refractivity contribution in [3.8, 4) is 0 Å². The third kappa shape index (κ3) is 3.49. The zero-order valence-corrected chi connectivity index (χ0v) is 12.8. The second-order valence-electron chi connectivity index (χ2n) is 3.76. The molecular weight excluding hydrogens is 354 g/mol. The van der Waals surface area contributed by atoms with Crippen molar-refractivity contribution in [1.82, 2.24) is 0 Å². The highest BCUT2D eigenvalue weighted by Gasteiger charge is 2.12. The summed E-state index contributed by atoms with van der Waals surface area (Å²) in [4.78, 5) is 0.927. The van der Waals surface area contributed by atoms with E-state index >= 15 is 0 Å². The van der Waals surface area contributed by atoms with Crippen molar-refractivity contribution >= 4 is 50.2 Å². The van der Waals surface area contributed by atoms with E-state index in [2.05, 4.69) is 33.5 Å². The summed E-state index contributed by atoms with van der Waals surface area (Å²) in [5.41, 5.74) is 5.34. The van der Waals surface area contributed by atoms with Crippen LogP contribution in [0.25, 0.3) is 0 Å². The van der Waals surface area contributed by atoms with Gasteiger partial charge in [0.1, 0.15) is 22.3 Å². The molecule has 0 spiro atoms. The predicted molar refractivity (Wildman–Crippen MR) is 81.6 cm³/mol. The molecule has 0 radical (unpaired) electrons. The Morgan fingerprint density at radius 2 is 1.95 bits per heavy atom. The summed E-state index contributed by atoms with van der Waals surface area (Å²) in [6.45, 7) is 0.344. The van der Waals surface area contributed by atoms with Crippen LogP contribution in [0.4, 0.5) is 14.5 Å². The summed E-state index contributed by atoms with van der Waals surface area (Å²) in [7, 11) is 0. The van der Waals surface area contributed by atoms with E-state index < -0.39 is 11.6 Å². The maximum Gasteiger partial charge on any atom is 0.150 e. The largest absolute Gasteiger partial charge is 0.389 e. The number of hydrogen-bond acceptors (Lipinski definition) is 3. The Labute approximate surface area is 126 Å². The minimum absolute atomic E-state index is 0.0356. The lowest BCUT2D eigenvalue weighted by atomic mass is 10.2. The van der Waals surface area contributed by atoms with E-state index in [1.807, 2.05) is 11.4 Å². The lowest BCUT2D eigenvalue weighted by Crippen LogP contribution is -2.12. The lowest BCUT2D eigenvalue weighted by molar-refractivity contribution is 0.587. The van der Waals surface area contributed by atoms with Gasteiger partial charge in [-0.3, -0.25) is 0 Å². The van der Waals surface area contributed by atoms with Gasteiger partial charge in [0.2, 0.25) is 0 Å². The van der Waals surface area contributed by atoms with Crippen molar-refractivity contribution < 1.29 is 8.78 Å². The molecule has 2 nitrogen and oxygen atoms in total. The Morgan fingerprint density at radius 3 is 2.42 bits per heavy atom. The van der Waals surface area contributed by atoms with Crippen LogP contribution in [0.15, 0.2) is 28.1 Å². The van der Waals surface area contributed by atoms with E-state index in [4.69, 9.17) is 5.73 Å². The number of nitrogens with one attached hydrogen (secondary N) is 1. The van der Waals surface area contributed by atoms with Gasteiger partial charge in [-0.1, -0.05) is 12.2 Å². The summed E-state index contributed by atoms with van der Waals surface area (Å²) in [5.74, 6) is -1.42. The van der Waals surface area contributed by atoms with Gasteiger partial charge in [-0.2, -0.15) is 0 Å². The fraction of sp³-hybridized carbons (Fsp3) is 0.0833. The smallest absolute Gasteiger partial charge is 0.150 e. The monoisotopic (exact) mass is 362 g/mol. The van der Waals surface area contributed by atoms with Crippen molar-refractivity contribution in [1.29, 1.82) is 0 Å². The van der Waals surface area contributed by atoms with Crippen LogP contribution in [0.2, 0.25) is 0 Å². The molecule has 0 atom stereocenters. The van der Waals surface area contributed by atoms with E-state index in [9.17, 15) is 8.78 Å². The number of benzene rings is 1. The average molecular weight is 363 g/mol. The molecule has 0 saturated heterocycles. The SMILES string of the molecule is NC(=S)c1cc(F)c(NCc2cc(Br)cs2)c(F)c1. The van der Waals surface area contributed by atoms with Crippen molar-refractivity contribution in [3.63, 3.8) is 0 Å². The van der Waals surface area contributed by atoms with Crippen molar-refractivity contribution in [2.24, 2.45) is 5.73 Å². The van der Waals surface area contributed by atoms with Gasteiger partial charge in [-0.25, -0.2) is 8.78 Å². The van der Waals surface area contributed by atoms with Gasteiger partial charge in [0.05, 0.1) is 0 Å². The summed E-state index contributed by atoms with van der Waals surface area (Å²) in [6, 6.07) is 4.13. The summed E-state index contributed by atoms with van der Waals surface area (Å²) < 4.78 is 28.5. The first-order chi connectivity index (χ1) is 8.97. The minimum atomic E-state index is -0.710. The molecule has 2 rings (SSSR count). The Hall–Kier alpha value is -1.05. The fourth-order valence-electron chi connectivity index (χ4n) is 1.51. The van der Waals surface area contributed by atoms with E-state index in [0.29, 0.717) is 6.54 Å². The second kappa shape index (κ2) is 5.94. The lowest BCUT2D eigenvalue weighted by Gasteiger charge is -2.09. The van der Waals surface area contributed by atoms with Crippen molar-refractivity contribution in [3.05, 3.63) is 50.1 Å². The molecule has 0 amide bonds. The van der Waals surface area contributed by atoms with E-state index in [0.717, 1.165) is 21.5 Å². The number of hydrogen-bond donors (Lipinski definition) is 2. The van der Waals surface area contributed by atoms with Gasteiger partial charge in [-0.15, -0.1) is 11.3 Å². The van der Waals surface area contributed by atoms with E-state index in [-0.39, 0.29) is 16.2 Å². The molecule has 0 fully saturated rings. The highest BCUT2D eigenvalue weighted by molar-refractivity contribution is 9.10. The van der Waals surface area contributed by atoms with Crippen LogP contribution in [-0.2, 0) is 6.54 Å². The maximum absolute atomic E-state index is 13.8. The summed E-state index contributed by atoms with van der Waals surface area (Å²) in [5, 5.41) is 4.63. The van der Waals surface area contributed by atoms with Gasteiger partial charge in [0.15, 0.2) is 0 Å². The van der Waals surface area contributed by atoms with Gasteiger partial charge in [-0.05, 0) is 34.1 Å². The van der Waals surface area contributed by atoms with Crippen LogP contribution in [0.1, 0.15) is 10.4 Å². The number of thiocarbonyl (C=S) groups is 1. The topological polar surface area (TPSA) is 38.0 Å². The highest BCUT2D eigenvalue weighted by atomic mass is 79.9. The van der Waals surface area contributed by atoms with Crippen LogP contribution in [-0.4, -0.2) is 4.99 Å². The average Bonchev–Trinajstić information content (AvgIpc) is 2.73. The molecule has 2 aromatic rings. The van der Waals surface area contributed by atoms with Crippen LogP contribution < -0.4 is 11.1 Å². The van der Waals surface area contributed by atoms with Crippen LogP contribution in [0.3, 0.4) is 0 Å².